The van der Waals surface area contributed by atoms with Gasteiger partial charge in [0.05, 0.1) is 12.7 Å². The van der Waals surface area contributed by atoms with E-state index in [1.54, 1.807) is 0 Å². The number of hydrogen-bond donors (Lipinski definition) is 2. The van der Waals surface area contributed by atoms with Crippen LogP contribution in [0, 0.1) is 11.8 Å². The lowest BCUT2D eigenvalue weighted by Gasteiger charge is -2.06. The monoisotopic (exact) mass is 353 g/mol. The summed E-state index contributed by atoms with van der Waals surface area (Å²) in [7, 11) is 1.39. The van der Waals surface area contributed by atoms with Gasteiger partial charge in [0, 0.05) is 18.5 Å². The van der Waals surface area contributed by atoms with E-state index in [2.05, 4.69) is 17.2 Å². The normalized spacial score (nSPS) is 9.58. The van der Waals surface area contributed by atoms with E-state index in [9.17, 15) is 14.7 Å². The van der Waals surface area contributed by atoms with Crippen molar-refractivity contribution in [3.8, 4) is 23.3 Å². The third-order valence-electron chi connectivity index (χ3n) is 3.41. The molecule has 6 heteroatoms. The number of hydrogen-bond acceptors (Lipinski definition) is 5. The maximum atomic E-state index is 11.6. The number of phenols is 1. The van der Waals surface area contributed by atoms with Crippen molar-refractivity contribution in [3.63, 3.8) is 0 Å². The van der Waals surface area contributed by atoms with E-state index in [-0.39, 0.29) is 23.7 Å². The van der Waals surface area contributed by atoms with Crippen molar-refractivity contribution >= 4 is 12.4 Å². The third kappa shape index (κ3) is 5.56. The highest BCUT2D eigenvalue weighted by Crippen LogP contribution is 2.30. The van der Waals surface area contributed by atoms with E-state index < -0.39 is 6.09 Å². The summed E-state index contributed by atoms with van der Waals surface area (Å²) in [5.41, 5.74) is 1.55. The third-order valence-corrected chi connectivity index (χ3v) is 3.41. The van der Waals surface area contributed by atoms with Crippen LogP contribution in [-0.4, -0.2) is 31.1 Å². The summed E-state index contributed by atoms with van der Waals surface area (Å²) in [5, 5.41) is 12.6. The van der Waals surface area contributed by atoms with Gasteiger partial charge in [-0.2, -0.15) is 0 Å². The Hall–Kier alpha value is -3.46. The second-order valence-electron chi connectivity index (χ2n) is 5.28. The molecule has 0 saturated heterocycles. The van der Waals surface area contributed by atoms with Crippen LogP contribution < -0.4 is 10.1 Å². The van der Waals surface area contributed by atoms with Crippen molar-refractivity contribution < 1.29 is 24.2 Å². The van der Waals surface area contributed by atoms with E-state index in [1.807, 2.05) is 30.3 Å². The molecule has 0 aliphatic rings. The molecule has 0 saturated carbocycles. The van der Waals surface area contributed by atoms with E-state index >= 15 is 0 Å². The highest BCUT2D eigenvalue weighted by Gasteiger charge is 2.08. The number of ether oxygens (including phenoxy) is 2. The molecule has 0 spiro atoms. The molecule has 0 aliphatic carbocycles. The number of carbonyl (C=O) groups is 2. The summed E-state index contributed by atoms with van der Waals surface area (Å²) >= 11 is 0. The number of methoxy groups -OCH3 is 1. The van der Waals surface area contributed by atoms with Gasteiger partial charge >= 0.3 is 6.09 Å². The average molecular weight is 353 g/mol. The minimum Gasteiger partial charge on any atom is -0.503 e. The summed E-state index contributed by atoms with van der Waals surface area (Å²) in [4.78, 5) is 22.5. The molecule has 1 amide bonds. The molecule has 6 nitrogen and oxygen atoms in total. The molecule has 2 N–H and O–H groups in total. The maximum absolute atomic E-state index is 11.6. The molecule has 0 aromatic heterocycles. The highest BCUT2D eigenvalue weighted by atomic mass is 16.5. The van der Waals surface area contributed by atoms with Crippen LogP contribution in [0.1, 0.15) is 27.9 Å². The van der Waals surface area contributed by atoms with E-state index in [0.717, 1.165) is 5.56 Å². The Kier molecular flexibility index (Phi) is 7.07. The molecule has 0 unspecified atom stereocenters. The maximum Gasteiger partial charge on any atom is 0.407 e. The molecule has 0 aliphatic heterocycles. The first-order chi connectivity index (χ1) is 12.6. The number of aldehydes is 1. The zero-order chi connectivity index (χ0) is 18.8. The molecule has 26 heavy (non-hydrogen) atoms. The van der Waals surface area contributed by atoms with E-state index in [4.69, 9.17) is 9.47 Å². The summed E-state index contributed by atoms with van der Waals surface area (Å²) in [6.45, 7) is 0.496. The predicted molar refractivity (Wildman–Crippen MR) is 96.2 cm³/mol. The minimum absolute atomic E-state index is 0.124. The SMILES string of the molecule is COc1cc(C=O)cc(C#CCCNC(=O)OCc2ccccc2)c1O. The number of phenolic OH excluding ortho intramolecular Hbond substituents is 1. The summed E-state index contributed by atoms with van der Waals surface area (Å²) in [5.74, 6) is 5.64. The molecule has 2 aromatic rings. The van der Waals surface area contributed by atoms with Crippen LogP contribution in [0.15, 0.2) is 42.5 Å². The minimum atomic E-state index is -0.525. The number of aromatic hydroxyl groups is 1. The van der Waals surface area contributed by atoms with Gasteiger partial charge in [-0.05, 0) is 17.7 Å². The molecular formula is C20H19NO5. The van der Waals surface area contributed by atoms with Gasteiger partial charge in [-0.15, -0.1) is 0 Å². The van der Waals surface area contributed by atoms with Gasteiger partial charge in [-0.1, -0.05) is 42.2 Å². The smallest absolute Gasteiger partial charge is 0.407 e. The molecular weight excluding hydrogens is 334 g/mol. The molecule has 2 rings (SSSR count). The van der Waals surface area contributed by atoms with Crippen molar-refractivity contribution in [2.45, 2.75) is 13.0 Å². The number of amides is 1. The first-order valence-corrected chi connectivity index (χ1v) is 7.93. The van der Waals surface area contributed by atoms with Crippen molar-refractivity contribution in [1.82, 2.24) is 5.32 Å². The Bertz CT molecular complexity index is 821. The van der Waals surface area contributed by atoms with Gasteiger partial charge in [-0.3, -0.25) is 4.79 Å². The lowest BCUT2D eigenvalue weighted by Crippen LogP contribution is -2.24. The van der Waals surface area contributed by atoms with E-state index in [0.29, 0.717) is 24.8 Å². The van der Waals surface area contributed by atoms with Crippen LogP contribution in [0.5, 0.6) is 11.5 Å². The fourth-order valence-corrected chi connectivity index (χ4v) is 2.11. The van der Waals surface area contributed by atoms with Crippen LogP contribution in [0.3, 0.4) is 0 Å². The van der Waals surface area contributed by atoms with Crippen LogP contribution >= 0.6 is 0 Å². The van der Waals surface area contributed by atoms with Crippen molar-refractivity contribution in [2.24, 2.45) is 0 Å². The van der Waals surface area contributed by atoms with E-state index in [1.165, 1.54) is 19.2 Å². The number of carbonyl (C=O) groups excluding carboxylic acids is 2. The van der Waals surface area contributed by atoms with Crippen LogP contribution in [0.2, 0.25) is 0 Å². The predicted octanol–water partition coefficient (Wildman–Crippen LogP) is 2.88. The number of rotatable bonds is 6. The Morgan fingerprint density at radius 2 is 2.04 bits per heavy atom. The average Bonchev–Trinajstić information content (AvgIpc) is 2.68. The second-order valence-corrected chi connectivity index (χ2v) is 5.28. The highest BCUT2D eigenvalue weighted by molar-refractivity contribution is 5.78. The first kappa shape index (κ1) is 18.9. The fraction of sp³-hybridized carbons (Fsp3) is 0.200. The Morgan fingerprint density at radius 1 is 1.27 bits per heavy atom. The first-order valence-electron chi connectivity index (χ1n) is 7.93. The van der Waals surface area contributed by atoms with Gasteiger partial charge in [0.25, 0.3) is 0 Å². The molecule has 0 fully saturated rings. The number of benzene rings is 2. The lowest BCUT2D eigenvalue weighted by molar-refractivity contribution is 0.112. The van der Waals surface area contributed by atoms with Crippen LogP contribution in [0.25, 0.3) is 0 Å². The molecule has 0 heterocycles. The van der Waals surface area contributed by atoms with Gasteiger partial charge < -0.3 is 19.9 Å². The largest absolute Gasteiger partial charge is 0.503 e. The topological polar surface area (TPSA) is 84.9 Å². The molecule has 0 radical (unpaired) electrons. The van der Waals surface area contributed by atoms with Gasteiger partial charge in [-0.25, -0.2) is 4.79 Å². The summed E-state index contributed by atoms with van der Waals surface area (Å²) in [6.07, 6.45) is 0.480. The standard InChI is InChI=1S/C20H19NO5/c1-25-18-12-16(13-22)11-17(19(18)23)9-5-6-10-21-20(24)26-14-15-7-3-2-4-8-15/h2-4,7-8,11-13,23H,6,10,14H2,1H3,(H,21,24). The van der Waals surface area contributed by atoms with Crippen LogP contribution in [-0.2, 0) is 11.3 Å². The van der Waals surface area contributed by atoms with Crippen LogP contribution in [0.4, 0.5) is 4.79 Å². The van der Waals surface area contributed by atoms with Crippen molar-refractivity contribution in [2.75, 3.05) is 13.7 Å². The second kappa shape index (κ2) is 9.74. The van der Waals surface area contributed by atoms with Gasteiger partial charge in [0.2, 0.25) is 0 Å². The molecule has 134 valence electrons. The lowest BCUT2D eigenvalue weighted by atomic mass is 10.1. The quantitative estimate of drug-likeness (QED) is 0.474. The number of alkyl carbamates (subject to hydrolysis) is 1. The Labute approximate surface area is 151 Å². The Balaban J connectivity index is 1.81. The summed E-state index contributed by atoms with van der Waals surface area (Å²) in [6, 6.07) is 12.3. The molecule has 2 aromatic carbocycles. The van der Waals surface area contributed by atoms with Gasteiger partial charge in [0.15, 0.2) is 11.5 Å². The molecule has 0 bridgehead atoms. The fourth-order valence-electron chi connectivity index (χ4n) is 2.11. The van der Waals surface area contributed by atoms with Crippen molar-refractivity contribution in [1.29, 1.82) is 0 Å². The Morgan fingerprint density at radius 3 is 2.73 bits per heavy atom. The molecule has 0 atom stereocenters. The number of nitrogens with one attached hydrogen (secondary N) is 1. The zero-order valence-corrected chi connectivity index (χ0v) is 14.3. The summed E-state index contributed by atoms with van der Waals surface area (Å²) < 4.78 is 10.1. The van der Waals surface area contributed by atoms with Gasteiger partial charge in [0.1, 0.15) is 12.9 Å². The van der Waals surface area contributed by atoms with Crippen molar-refractivity contribution in [3.05, 3.63) is 59.2 Å². The zero-order valence-electron chi connectivity index (χ0n) is 14.3.